The molecule has 1 aromatic heterocycles. The van der Waals surface area contributed by atoms with Crippen molar-refractivity contribution in [3.63, 3.8) is 0 Å². The van der Waals surface area contributed by atoms with Gasteiger partial charge in [0.15, 0.2) is 17.5 Å². The Hall–Kier alpha value is -3.13. The molecule has 0 radical (unpaired) electrons. The molecule has 0 aliphatic rings. The van der Waals surface area contributed by atoms with E-state index in [9.17, 15) is 18.0 Å². The lowest BCUT2D eigenvalue weighted by atomic mass is 10.2. The zero-order valence-corrected chi connectivity index (χ0v) is 14.6. The number of carbonyl (C=O) groups is 1. The fraction of sp³-hybridized carbons (Fsp3) is 0.0556. The normalized spacial score (nSPS) is 10.6. The lowest BCUT2D eigenvalue weighted by Crippen LogP contribution is -2.15. The van der Waals surface area contributed by atoms with Crippen LogP contribution in [-0.2, 0) is 0 Å². The topological polar surface area (TPSA) is 66.9 Å². The lowest BCUT2D eigenvalue weighted by Gasteiger charge is -2.09. The number of amides is 1. The number of hydrogen-bond donors (Lipinski definition) is 2. The maximum absolute atomic E-state index is 13.7. The van der Waals surface area contributed by atoms with E-state index in [2.05, 4.69) is 20.6 Å². The molecular formula is C18H12ClF3N4O. The number of nitrogens with zero attached hydrogens (tertiary/aromatic N) is 2. The van der Waals surface area contributed by atoms with Gasteiger partial charge in [-0.1, -0.05) is 11.6 Å². The lowest BCUT2D eigenvalue weighted by molar-refractivity contribution is 0.102. The van der Waals surface area contributed by atoms with E-state index in [1.165, 1.54) is 12.4 Å². The number of hydrogen-bond acceptors (Lipinski definition) is 4. The van der Waals surface area contributed by atoms with Crippen LogP contribution >= 0.6 is 11.6 Å². The van der Waals surface area contributed by atoms with Crippen molar-refractivity contribution in [1.29, 1.82) is 0 Å². The van der Waals surface area contributed by atoms with Crippen molar-refractivity contribution in [3.8, 4) is 0 Å². The summed E-state index contributed by atoms with van der Waals surface area (Å²) in [7, 11) is 0. The molecule has 0 fully saturated rings. The van der Waals surface area contributed by atoms with E-state index < -0.39 is 23.4 Å². The van der Waals surface area contributed by atoms with Crippen molar-refractivity contribution < 1.29 is 18.0 Å². The van der Waals surface area contributed by atoms with Gasteiger partial charge in [-0.3, -0.25) is 4.79 Å². The van der Waals surface area contributed by atoms with Crippen LogP contribution in [0.1, 0.15) is 16.1 Å². The summed E-state index contributed by atoms with van der Waals surface area (Å²) in [5.41, 5.74) is 1.05. The van der Waals surface area contributed by atoms with Crippen molar-refractivity contribution in [1.82, 2.24) is 9.97 Å². The molecule has 0 unspecified atom stereocenters. The minimum atomic E-state index is -1.60. The van der Waals surface area contributed by atoms with E-state index in [1.807, 2.05) is 0 Å². The van der Waals surface area contributed by atoms with E-state index in [0.717, 1.165) is 17.7 Å². The number of carbonyl (C=O) groups excluding carboxylic acids is 1. The molecule has 2 aromatic carbocycles. The zero-order valence-electron chi connectivity index (χ0n) is 13.9. The standard InChI is InChI=1S/C18H12ClF3N4O/c1-9-6-10(19)2-4-12(9)26-18(27)14-7-24-15(8-23-14)25-13-5-3-11(20)16(21)17(13)22/h2-8H,1H3,(H,24,25)(H,26,27). The maximum Gasteiger partial charge on any atom is 0.275 e. The second-order valence-corrected chi connectivity index (χ2v) is 5.98. The minimum absolute atomic E-state index is 0.0145. The first-order valence-electron chi connectivity index (χ1n) is 7.65. The SMILES string of the molecule is Cc1cc(Cl)ccc1NC(=O)c1cnc(Nc2ccc(F)c(F)c2F)cn1. The highest BCUT2D eigenvalue weighted by Crippen LogP contribution is 2.23. The highest BCUT2D eigenvalue weighted by Gasteiger charge is 2.15. The van der Waals surface area contributed by atoms with Gasteiger partial charge in [-0.05, 0) is 42.8 Å². The number of aromatic nitrogens is 2. The van der Waals surface area contributed by atoms with Gasteiger partial charge in [0.25, 0.3) is 5.91 Å². The third-order valence-electron chi connectivity index (χ3n) is 3.62. The predicted molar refractivity (Wildman–Crippen MR) is 95.8 cm³/mol. The molecule has 0 saturated carbocycles. The Labute approximate surface area is 157 Å². The Morgan fingerprint density at radius 3 is 2.41 bits per heavy atom. The van der Waals surface area contributed by atoms with Crippen LogP contribution in [-0.4, -0.2) is 15.9 Å². The van der Waals surface area contributed by atoms with Gasteiger partial charge in [0.1, 0.15) is 11.5 Å². The van der Waals surface area contributed by atoms with Gasteiger partial charge in [0.2, 0.25) is 0 Å². The molecule has 5 nitrogen and oxygen atoms in total. The van der Waals surface area contributed by atoms with Crippen LogP contribution < -0.4 is 10.6 Å². The smallest absolute Gasteiger partial charge is 0.275 e. The van der Waals surface area contributed by atoms with Crippen molar-refractivity contribution in [3.05, 3.63) is 76.5 Å². The number of anilines is 3. The molecule has 0 bridgehead atoms. The van der Waals surface area contributed by atoms with Crippen molar-refractivity contribution >= 4 is 34.7 Å². The van der Waals surface area contributed by atoms with Crippen LogP contribution in [0.15, 0.2) is 42.7 Å². The molecule has 9 heteroatoms. The van der Waals surface area contributed by atoms with Gasteiger partial charge in [0.05, 0.1) is 18.1 Å². The quantitative estimate of drug-likeness (QED) is 0.623. The summed E-state index contributed by atoms with van der Waals surface area (Å²) >= 11 is 5.87. The molecule has 0 aliphatic carbocycles. The van der Waals surface area contributed by atoms with Crippen LogP contribution in [0.2, 0.25) is 5.02 Å². The second kappa shape index (κ2) is 7.63. The van der Waals surface area contributed by atoms with Gasteiger partial charge in [-0.2, -0.15) is 0 Å². The molecule has 0 atom stereocenters. The summed E-state index contributed by atoms with van der Waals surface area (Å²) < 4.78 is 39.9. The Balaban J connectivity index is 1.73. The fourth-order valence-corrected chi connectivity index (χ4v) is 2.45. The summed E-state index contributed by atoms with van der Waals surface area (Å²) in [5.74, 6) is -4.72. The summed E-state index contributed by atoms with van der Waals surface area (Å²) in [6, 6.07) is 6.81. The molecule has 0 saturated heterocycles. The Bertz CT molecular complexity index is 1010. The minimum Gasteiger partial charge on any atom is -0.336 e. The summed E-state index contributed by atoms with van der Waals surface area (Å²) in [6.45, 7) is 1.79. The van der Waals surface area contributed by atoms with Crippen LogP contribution in [0, 0.1) is 24.4 Å². The van der Waals surface area contributed by atoms with E-state index >= 15 is 0 Å². The average Bonchev–Trinajstić information content (AvgIpc) is 2.65. The molecular weight excluding hydrogens is 381 g/mol. The van der Waals surface area contributed by atoms with Gasteiger partial charge < -0.3 is 10.6 Å². The van der Waals surface area contributed by atoms with Crippen LogP contribution in [0.5, 0.6) is 0 Å². The highest BCUT2D eigenvalue weighted by molar-refractivity contribution is 6.30. The summed E-state index contributed by atoms with van der Waals surface area (Å²) in [4.78, 5) is 20.1. The molecule has 27 heavy (non-hydrogen) atoms. The number of rotatable bonds is 4. The molecule has 3 aromatic rings. The molecule has 1 amide bonds. The third kappa shape index (κ3) is 4.17. The highest BCUT2D eigenvalue weighted by atomic mass is 35.5. The fourth-order valence-electron chi connectivity index (χ4n) is 2.22. The molecule has 1 heterocycles. The molecule has 0 spiro atoms. The molecule has 2 N–H and O–H groups in total. The van der Waals surface area contributed by atoms with Crippen molar-refractivity contribution in [2.75, 3.05) is 10.6 Å². The first-order valence-corrected chi connectivity index (χ1v) is 8.03. The van der Waals surface area contributed by atoms with E-state index in [-0.39, 0.29) is 17.2 Å². The Kier molecular flexibility index (Phi) is 5.27. The summed E-state index contributed by atoms with van der Waals surface area (Å²) in [6.07, 6.45) is 2.34. The Morgan fingerprint density at radius 2 is 1.74 bits per heavy atom. The Morgan fingerprint density at radius 1 is 1.00 bits per heavy atom. The second-order valence-electron chi connectivity index (χ2n) is 5.55. The van der Waals surface area contributed by atoms with Crippen LogP contribution in [0.25, 0.3) is 0 Å². The largest absolute Gasteiger partial charge is 0.336 e. The van der Waals surface area contributed by atoms with Crippen LogP contribution in [0.4, 0.5) is 30.4 Å². The number of nitrogens with one attached hydrogen (secondary N) is 2. The maximum atomic E-state index is 13.7. The van der Waals surface area contributed by atoms with Crippen LogP contribution in [0.3, 0.4) is 0 Å². The predicted octanol–water partition coefficient (Wildman–Crippen LogP) is 4.85. The van der Waals surface area contributed by atoms with Crippen molar-refractivity contribution in [2.24, 2.45) is 0 Å². The first kappa shape index (κ1) is 18.7. The van der Waals surface area contributed by atoms with Crippen molar-refractivity contribution in [2.45, 2.75) is 6.92 Å². The van der Waals surface area contributed by atoms with E-state index in [0.29, 0.717) is 10.7 Å². The molecule has 3 rings (SSSR count). The first-order chi connectivity index (χ1) is 12.8. The number of aryl methyl sites for hydroxylation is 1. The number of benzene rings is 2. The third-order valence-corrected chi connectivity index (χ3v) is 3.85. The van der Waals surface area contributed by atoms with E-state index in [4.69, 9.17) is 11.6 Å². The van der Waals surface area contributed by atoms with Gasteiger partial charge in [-0.15, -0.1) is 0 Å². The monoisotopic (exact) mass is 392 g/mol. The van der Waals surface area contributed by atoms with Gasteiger partial charge in [-0.25, -0.2) is 23.1 Å². The summed E-state index contributed by atoms with van der Waals surface area (Å²) in [5, 5.41) is 5.69. The molecule has 0 aliphatic heterocycles. The number of halogens is 4. The van der Waals surface area contributed by atoms with Gasteiger partial charge in [0, 0.05) is 10.7 Å². The van der Waals surface area contributed by atoms with E-state index in [1.54, 1.807) is 25.1 Å². The average molecular weight is 393 g/mol. The van der Waals surface area contributed by atoms with Gasteiger partial charge >= 0.3 is 0 Å². The molecule has 138 valence electrons. The zero-order chi connectivity index (χ0) is 19.6.